The van der Waals surface area contributed by atoms with Crippen molar-refractivity contribution in [3.05, 3.63) is 54.6 Å². The van der Waals surface area contributed by atoms with E-state index in [1.807, 2.05) is 54.6 Å². The molecule has 0 saturated heterocycles. The van der Waals surface area contributed by atoms with Crippen LogP contribution in [-0.2, 0) is 9.63 Å². The number of anilines is 1. The molecular formula is C16H16N2O3S. The predicted molar refractivity (Wildman–Crippen MR) is 88.7 cm³/mol. The van der Waals surface area contributed by atoms with Gasteiger partial charge in [-0.1, -0.05) is 18.2 Å². The molecular weight excluding hydrogens is 300 g/mol. The Morgan fingerprint density at radius 2 is 1.64 bits per heavy atom. The minimum atomic E-state index is -0.432. The van der Waals surface area contributed by atoms with Crippen LogP contribution in [0.25, 0.3) is 0 Å². The standard InChI is InChI=1S/C16H16N2O3S/c1-12(19)21-18(2)16(22)17-13-8-10-15(11-9-13)20-14-6-4-3-5-7-14/h3-11H,1-2H3,(H,17,22). The highest BCUT2D eigenvalue weighted by Gasteiger charge is 2.07. The highest BCUT2D eigenvalue weighted by atomic mass is 32.1. The first kappa shape index (κ1) is 15.8. The van der Waals surface area contributed by atoms with Crippen molar-refractivity contribution < 1.29 is 14.4 Å². The fourth-order valence-electron chi connectivity index (χ4n) is 1.67. The van der Waals surface area contributed by atoms with Crippen molar-refractivity contribution in [3.8, 4) is 11.5 Å². The maximum atomic E-state index is 10.9. The fraction of sp³-hybridized carbons (Fsp3) is 0.125. The number of thiocarbonyl (C=S) groups is 1. The van der Waals surface area contributed by atoms with E-state index < -0.39 is 5.97 Å². The third-order valence-corrected chi connectivity index (χ3v) is 3.00. The summed E-state index contributed by atoms with van der Waals surface area (Å²) in [6, 6.07) is 16.8. The summed E-state index contributed by atoms with van der Waals surface area (Å²) in [7, 11) is 1.56. The molecule has 1 N–H and O–H groups in total. The molecule has 0 aliphatic heterocycles. The number of carbonyl (C=O) groups excluding carboxylic acids is 1. The first-order valence-corrected chi connectivity index (χ1v) is 7.01. The average molecular weight is 316 g/mol. The summed E-state index contributed by atoms with van der Waals surface area (Å²) < 4.78 is 5.70. The van der Waals surface area contributed by atoms with Gasteiger partial charge in [-0.2, -0.15) is 5.06 Å². The van der Waals surface area contributed by atoms with Gasteiger partial charge in [0, 0.05) is 19.7 Å². The Hall–Kier alpha value is -2.60. The molecule has 0 aliphatic carbocycles. The van der Waals surface area contributed by atoms with Gasteiger partial charge in [0.05, 0.1) is 0 Å². The van der Waals surface area contributed by atoms with Crippen LogP contribution >= 0.6 is 12.2 Å². The zero-order valence-electron chi connectivity index (χ0n) is 12.3. The van der Waals surface area contributed by atoms with Crippen LogP contribution < -0.4 is 10.1 Å². The van der Waals surface area contributed by atoms with Crippen molar-refractivity contribution in [2.45, 2.75) is 6.92 Å². The number of ether oxygens (including phenoxy) is 1. The molecule has 0 atom stereocenters. The van der Waals surface area contributed by atoms with Crippen molar-refractivity contribution in [3.63, 3.8) is 0 Å². The lowest BCUT2D eigenvalue weighted by Gasteiger charge is -2.18. The Bertz CT molecular complexity index is 644. The van der Waals surface area contributed by atoms with E-state index in [-0.39, 0.29) is 5.11 Å². The molecule has 0 heterocycles. The monoisotopic (exact) mass is 316 g/mol. The van der Waals surface area contributed by atoms with Crippen molar-refractivity contribution in [1.82, 2.24) is 5.06 Å². The van der Waals surface area contributed by atoms with Crippen LogP contribution in [0, 0.1) is 0 Å². The number of carbonyl (C=O) groups is 1. The lowest BCUT2D eigenvalue weighted by Crippen LogP contribution is -2.32. The molecule has 22 heavy (non-hydrogen) atoms. The smallest absolute Gasteiger partial charge is 0.329 e. The minimum Gasteiger partial charge on any atom is -0.457 e. The highest BCUT2D eigenvalue weighted by Crippen LogP contribution is 2.22. The minimum absolute atomic E-state index is 0.284. The Morgan fingerprint density at radius 3 is 2.23 bits per heavy atom. The number of nitrogens with one attached hydrogen (secondary N) is 1. The van der Waals surface area contributed by atoms with Crippen LogP contribution in [0.2, 0.25) is 0 Å². The number of hydrogen-bond donors (Lipinski definition) is 1. The van der Waals surface area contributed by atoms with Crippen LogP contribution in [-0.4, -0.2) is 23.2 Å². The summed E-state index contributed by atoms with van der Waals surface area (Å²) in [6.45, 7) is 1.31. The van der Waals surface area contributed by atoms with E-state index in [0.29, 0.717) is 0 Å². The zero-order valence-corrected chi connectivity index (χ0v) is 13.1. The molecule has 5 nitrogen and oxygen atoms in total. The van der Waals surface area contributed by atoms with E-state index in [1.54, 1.807) is 7.05 Å². The van der Waals surface area contributed by atoms with Crippen molar-refractivity contribution in [1.29, 1.82) is 0 Å². The zero-order chi connectivity index (χ0) is 15.9. The number of rotatable bonds is 3. The van der Waals surface area contributed by atoms with Gasteiger partial charge in [-0.15, -0.1) is 0 Å². The Balaban J connectivity index is 1.94. The summed E-state index contributed by atoms with van der Waals surface area (Å²) >= 11 is 5.12. The topological polar surface area (TPSA) is 50.8 Å². The van der Waals surface area contributed by atoms with Crippen molar-refractivity contribution in [2.24, 2.45) is 0 Å². The number of hydrogen-bond acceptors (Lipinski definition) is 4. The normalized spacial score (nSPS) is 9.73. The molecule has 0 spiro atoms. The molecule has 2 aromatic rings. The second-order valence-corrected chi connectivity index (χ2v) is 4.84. The summed E-state index contributed by atoms with van der Waals surface area (Å²) in [5.74, 6) is 1.06. The maximum Gasteiger partial charge on any atom is 0.329 e. The number of nitrogens with zero attached hydrogens (tertiary/aromatic N) is 1. The molecule has 0 amide bonds. The van der Waals surface area contributed by atoms with Crippen LogP contribution in [0.5, 0.6) is 11.5 Å². The summed E-state index contributed by atoms with van der Waals surface area (Å²) in [4.78, 5) is 15.7. The maximum absolute atomic E-state index is 10.9. The molecule has 2 aromatic carbocycles. The number of para-hydroxylation sites is 1. The summed E-state index contributed by atoms with van der Waals surface area (Å²) in [5, 5.41) is 4.45. The quantitative estimate of drug-likeness (QED) is 0.690. The lowest BCUT2D eigenvalue weighted by molar-refractivity contribution is -0.165. The molecule has 2 rings (SSSR count). The van der Waals surface area contributed by atoms with Crippen molar-refractivity contribution in [2.75, 3.05) is 12.4 Å². The molecule has 6 heteroatoms. The third kappa shape index (κ3) is 4.75. The predicted octanol–water partition coefficient (Wildman–Crippen LogP) is 3.59. The van der Waals surface area contributed by atoms with Crippen molar-refractivity contribution >= 4 is 29.0 Å². The highest BCUT2D eigenvalue weighted by molar-refractivity contribution is 7.80. The average Bonchev–Trinajstić information content (AvgIpc) is 2.49. The van der Waals surface area contributed by atoms with E-state index in [9.17, 15) is 4.79 Å². The molecule has 0 aliphatic rings. The number of hydroxylamine groups is 2. The van der Waals surface area contributed by atoms with Gasteiger partial charge in [0.15, 0.2) is 0 Å². The molecule has 0 aromatic heterocycles. The molecule has 0 bridgehead atoms. The van der Waals surface area contributed by atoms with Gasteiger partial charge in [-0.25, -0.2) is 0 Å². The lowest BCUT2D eigenvalue weighted by atomic mass is 10.3. The van der Waals surface area contributed by atoms with Gasteiger partial charge in [-0.3, -0.25) is 4.79 Å². The van der Waals surface area contributed by atoms with Gasteiger partial charge in [-0.05, 0) is 48.6 Å². The largest absolute Gasteiger partial charge is 0.457 e. The fourth-order valence-corrected chi connectivity index (χ4v) is 1.82. The Kier molecular flexibility index (Phi) is 5.32. The van der Waals surface area contributed by atoms with Gasteiger partial charge in [0.2, 0.25) is 5.11 Å². The van der Waals surface area contributed by atoms with E-state index in [2.05, 4.69) is 5.32 Å². The molecule has 0 fully saturated rings. The second kappa shape index (κ2) is 7.42. The van der Waals surface area contributed by atoms with E-state index >= 15 is 0 Å². The molecule has 0 unspecified atom stereocenters. The van der Waals surface area contributed by atoms with Gasteiger partial charge < -0.3 is 14.9 Å². The third-order valence-electron chi connectivity index (χ3n) is 2.64. The van der Waals surface area contributed by atoms with Gasteiger partial charge in [0.1, 0.15) is 11.5 Å². The first-order chi connectivity index (χ1) is 10.5. The summed E-state index contributed by atoms with van der Waals surface area (Å²) in [6.07, 6.45) is 0. The van der Waals surface area contributed by atoms with E-state index in [0.717, 1.165) is 17.2 Å². The van der Waals surface area contributed by atoms with E-state index in [1.165, 1.54) is 12.0 Å². The molecule has 0 saturated carbocycles. The first-order valence-electron chi connectivity index (χ1n) is 6.61. The second-order valence-electron chi connectivity index (χ2n) is 4.45. The van der Waals surface area contributed by atoms with E-state index in [4.69, 9.17) is 21.8 Å². The Labute approximate surface area is 134 Å². The van der Waals surface area contributed by atoms with Crippen LogP contribution in [0.15, 0.2) is 54.6 Å². The van der Waals surface area contributed by atoms with Crippen LogP contribution in [0.1, 0.15) is 6.92 Å². The van der Waals surface area contributed by atoms with Gasteiger partial charge in [0.25, 0.3) is 0 Å². The molecule has 114 valence electrons. The molecule has 0 radical (unpaired) electrons. The van der Waals surface area contributed by atoms with Crippen LogP contribution in [0.3, 0.4) is 0 Å². The SMILES string of the molecule is CC(=O)ON(C)C(=S)Nc1ccc(Oc2ccccc2)cc1. The number of benzene rings is 2. The van der Waals surface area contributed by atoms with Gasteiger partial charge >= 0.3 is 5.97 Å². The van der Waals surface area contributed by atoms with Crippen LogP contribution in [0.4, 0.5) is 5.69 Å². The summed E-state index contributed by atoms with van der Waals surface area (Å²) in [5.41, 5.74) is 0.768. The Morgan fingerprint density at radius 1 is 1.05 bits per heavy atom.